The van der Waals surface area contributed by atoms with E-state index in [0.717, 1.165) is 18.4 Å². The number of amides is 2. The van der Waals surface area contributed by atoms with Crippen LogP contribution in [0.25, 0.3) is 0 Å². The van der Waals surface area contributed by atoms with Crippen LogP contribution >= 0.6 is 11.6 Å². The van der Waals surface area contributed by atoms with Gasteiger partial charge in [0.25, 0.3) is 5.91 Å². The summed E-state index contributed by atoms with van der Waals surface area (Å²) in [5.74, 6) is -0.221. The molecule has 1 fully saturated rings. The summed E-state index contributed by atoms with van der Waals surface area (Å²) in [5, 5.41) is 3.40. The van der Waals surface area contributed by atoms with Gasteiger partial charge in [0.1, 0.15) is 0 Å². The largest absolute Gasteiger partial charge is 0.345 e. The molecule has 1 aliphatic carbocycles. The summed E-state index contributed by atoms with van der Waals surface area (Å²) in [6.07, 6.45) is 4.70. The van der Waals surface area contributed by atoms with E-state index in [9.17, 15) is 9.59 Å². The maximum atomic E-state index is 12.8. The zero-order valence-electron chi connectivity index (χ0n) is 15.5. The highest BCUT2D eigenvalue weighted by Crippen LogP contribution is 2.25. The minimum Gasteiger partial charge on any atom is -0.345 e. The van der Waals surface area contributed by atoms with Crippen molar-refractivity contribution in [1.82, 2.24) is 10.2 Å². The second kappa shape index (κ2) is 9.05. The molecular formula is C22H25ClN2O2. The standard InChI is InChI=1S/C22H25ClN2O2/c1-25(17-11-5-6-12-17)21(26)15-20(16-9-3-2-4-10-16)24-22(27)18-13-7-8-14-19(18)23/h2-4,7-10,13-14,17,20H,5-6,11-12,15H2,1H3,(H,24,27). The summed E-state index contributed by atoms with van der Waals surface area (Å²) in [6, 6.07) is 16.5. The van der Waals surface area contributed by atoms with E-state index in [0.29, 0.717) is 16.6 Å². The highest BCUT2D eigenvalue weighted by atomic mass is 35.5. The molecule has 0 radical (unpaired) electrons. The minimum absolute atomic E-state index is 0.0511. The predicted octanol–water partition coefficient (Wildman–Crippen LogP) is 4.60. The molecule has 3 rings (SSSR count). The second-order valence-electron chi connectivity index (χ2n) is 7.06. The van der Waals surface area contributed by atoms with Gasteiger partial charge in [-0.1, -0.05) is 66.9 Å². The molecular weight excluding hydrogens is 360 g/mol. The van der Waals surface area contributed by atoms with Gasteiger partial charge in [0.2, 0.25) is 5.91 Å². The molecule has 5 heteroatoms. The Morgan fingerprint density at radius 2 is 1.70 bits per heavy atom. The van der Waals surface area contributed by atoms with Gasteiger partial charge < -0.3 is 10.2 Å². The molecule has 0 heterocycles. The Balaban J connectivity index is 1.76. The molecule has 0 spiro atoms. The fourth-order valence-electron chi connectivity index (χ4n) is 3.63. The molecule has 1 unspecified atom stereocenters. The van der Waals surface area contributed by atoms with Crippen LogP contribution < -0.4 is 5.32 Å². The summed E-state index contributed by atoms with van der Waals surface area (Å²) in [7, 11) is 1.87. The van der Waals surface area contributed by atoms with Gasteiger partial charge in [-0.15, -0.1) is 0 Å². The van der Waals surface area contributed by atoms with Gasteiger partial charge in [-0.05, 0) is 30.5 Å². The van der Waals surface area contributed by atoms with Crippen LogP contribution in [0.5, 0.6) is 0 Å². The lowest BCUT2D eigenvalue weighted by Gasteiger charge is -2.27. The van der Waals surface area contributed by atoms with Gasteiger partial charge in [-0.2, -0.15) is 0 Å². The lowest BCUT2D eigenvalue weighted by molar-refractivity contribution is -0.132. The first-order valence-corrected chi connectivity index (χ1v) is 9.80. The third kappa shape index (κ3) is 4.89. The fraction of sp³-hybridized carbons (Fsp3) is 0.364. The van der Waals surface area contributed by atoms with E-state index < -0.39 is 6.04 Å². The molecule has 1 atom stereocenters. The quantitative estimate of drug-likeness (QED) is 0.791. The van der Waals surface area contributed by atoms with E-state index in [2.05, 4.69) is 5.32 Å². The van der Waals surface area contributed by atoms with Gasteiger partial charge in [0.05, 0.1) is 23.0 Å². The van der Waals surface area contributed by atoms with Crippen molar-refractivity contribution in [1.29, 1.82) is 0 Å². The monoisotopic (exact) mass is 384 g/mol. The Morgan fingerprint density at radius 3 is 2.37 bits per heavy atom. The number of carbonyl (C=O) groups excluding carboxylic acids is 2. The lowest BCUT2D eigenvalue weighted by Crippen LogP contribution is -2.38. The smallest absolute Gasteiger partial charge is 0.253 e. The topological polar surface area (TPSA) is 49.4 Å². The maximum absolute atomic E-state index is 12.8. The van der Waals surface area contributed by atoms with Crippen molar-refractivity contribution in [3.05, 3.63) is 70.7 Å². The molecule has 1 saturated carbocycles. The lowest BCUT2D eigenvalue weighted by atomic mass is 10.0. The molecule has 27 heavy (non-hydrogen) atoms. The summed E-state index contributed by atoms with van der Waals surface area (Å²) in [5.41, 5.74) is 1.32. The van der Waals surface area contributed by atoms with Crippen LogP contribution in [0.3, 0.4) is 0 Å². The number of hydrogen-bond donors (Lipinski definition) is 1. The van der Waals surface area contributed by atoms with Crippen LogP contribution in [0.1, 0.15) is 54.1 Å². The number of hydrogen-bond acceptors (Lipinski definition) is 2. The molecule has 142 valence electrons. The van der Waals surface area contributed by atoms with Crippen molar-refractivity contribution in [2.45, 2.75) is 44.2 Å². The number of halogens is 1. The Kier molecular flexibility index (Phi) is 6.51. The van der Waals surface area contributed by atoms with Crippen LogP contribution in [0.2, 0.25) is 5.02 Å². The van der Waals surface area contributed by atoms with E-state index in [1.165, 1.54) is 12.8 Å². The zero-order chi connectivity index (χ0) is 19.2. The first-order chi connectivity index (χ1) is 13.1. The normalized spacial score (nSPS) is 15.3. The molecule has 0 bridgehead atoms. The van der Waals surface area contributed by atoms with Gasteiger partial charge >= 0.3 is 0 Å². The Bertz CT molecular complexity index is 788. The summed E-state index contributed by atoms with van der Waals surface area (Å²) in [6.45, 7) is 0. The number of carbonyl (C=O) groups is 2. The van der Waals surface area contributed by atoms with Crippen LogP contribution in [-0.2, 0) is 4.79 Å². The second-order valence-corrected chi connectivity index (χ2v) is 7.47. The SMILES string of the molecule is CN(C(=O)CC(NC(=O)c1ccccc1Cl)c1ccccc1)C1CCCC1. The highest BCUT2D eigenvalue weighted by molar-refractivity contribution is 6.33. The van der Waals surface area contributed by atoms with Crippen LogP contribution in [-0.4, -0.2) is 29.8 Å². The van der Waals surface area contributed by atoms with E-state index >= 15 is 0 Å². The van der Waals surface area contributed by atoms with E-state index in [1.54, 1.807) is 24.3 Å². The third-order valence-corrected chi connectivity index (χ3v) is 5.60. The zero-order valence-corrected chi connectivity index (χ0v) is 16.3. The summed E-state index contributed by atoms with van der Waals surface area (Å²) >= 11 is 6.15. The Labute approximate surface area is 165 Å². The van der Waals surface area contributed by atoms with E-state index in [1.807, 2.05) is 42.3 Å². The Hall–Kier alpha value is -2.33. The summed E-state index contributed by atoms with van der Waals surface area (Å²) in [4.78, 5) is 27.4. The number of nitrogens with zero attached hydrogens (tertiary/aromatic N) is 1. The van der Waals surface area contributed by atoms with Crippen molar-refractivity contribution in [2.24, 2.45) is 0 Å². The Morgan fingerprint density at radius 1 is 1.07 bits per heavy atom. The van der Waals surface area contributed by atoms with E-state index in [4.69, 9.17) is 11.6 Å². The van der Waals surface area contributed by atoms with Crippen molar-refractivity contribution >= 4 is 23.4 Å². The average Bonchev–Trinajstić information content (AvgIpc) is 3.22. The van der Waals surface area contributed by atoms with Gasteiger partial charge in [0.15, 0.2) is 0 Å². The van der Waals surface area contributed by atoms with Crippen molar-refractivity contribution in [2.75, 3.05) is 7.05 Å². The molecule has 4 nitrogen and oxygen atoms in total. The molecule has 2 aromatic carbocycles. The first-order valence-electron chi connectivity index (χ1n) is 9.42. The molecule has 1 N–H and O–H groups in total. The van der Waals surface area contributed by atoms with Gasteiger partial charge in [-0.3, -0.25) is 9.59 Å². The number of rotatable bonds is 6. The number of benzene rings is 2. The highest BCUT2D eigenvalue weighted by Gasteiger charge is 2.27. The van der Waals surface area contributed by atoms with Crippen molar-refractivity contribution < 1.29 is 9.59 Å². The number of nitrogens with one attached hydrogen (secondary N) is 1. The molecule has 1 aliphatic rings. The van der Waals surface area contributed by atoms with Crippen LogP contribution in [0.4, 0.5) is 0 Å². The molecule has 0 aromatic heterocycles. The minimum atomic E-state index is -0.397. The maximum Gasteiger partial charge on any atom is 0.253 e. The van der Waals surface area contributed by atoms with E-state index in [-0.39, 0.29) is 18.2 Å². The molecule has 0 saturated heterocycles. The summed E-state index contributed by atoms with van der Waals surface area (Å²) < 4.78 is 0. The van der Waals surface area contributed by atoms with Gasteiger partial charge in [-0.25, -0.2) is 0 Å². The molecule has 0 aliphatic heterocycles. The van der Waals surface area contributed by atoms with Crippen molar-refractivity contribution in [3.63, 3.8) is 0 Å². The third-order valence-electron chi connectivity index (χ3n) is 5.27. The average molecular weight is 385 g/mol. The van der Waals surface area contributed by atoms with Crippen molar-refractivity contribution in [3.8, 4) is 0 Å². The molecule has 2 amide bonds. The predicted molar refractivity (Wildman–Crippen MR) is 108 cm³/mol. The molecule has 2 aromatic rings. The first kappa shape index (κ1) is 19.4. The fourth-order valence-corrected chi connectivity index (χ4v) is 3.85. The van der Waals surface area contributed by atoms with Gasteiger partial charge in [0, 0.05) is 13.1 Å². The van der Waals surface area contributed by atoms with Crippen LogP contribution in [0, 0.1) is 0 Å². The van der Waals surface area contributed by atoms with Crippen LogP contribution in [0.15, 0.2) is 54.6 Å².